The lowest BCUT2D eigenvalue weighted by Crippen LogP contribution is -2.29. The fourth-order valence-corrected chi connectivity index (χ4v) is 3.02. The highest BCUT2D eigenvalue weighted by Crippen LogP contribution is 2.34. The van der Waals surface area contributed by atoms with Crippen LogP contribution in [0.5, 0.6) is 0 Å². The zero-order chi connectivity index (χ0) is 13.4. The van der Waals surface area contributed by atoms with Crippen molar-refractivity contribution in [2.45, 2.75) is 18.9 Å². The van der Waals surface area contributed by atoms with Crippen LogP contribution < -0.4 is 5.32 Å². The summed E-state index contributed by atoms with van der Waals surface area (Å²) in [5.74, 6) is 2.10. The minimum atomic E-state index is 0.388. The van der Waals surface area contributed by atoms with E-state index < -0.39 is 0 Å². The van der Waals surface area contributed by atoms with E-state index >= 15 is 0 Å². The summed E-state index contributed by atoms with van der Waals surface area (Å²) in [4.78, 5) is 8.90. The third-order valence-corrected chi connectivity index (χ3v) is 4.07. The summed E-state index contributed by atoms with van der Waals surface area (Å²) in [6.45, 7) is 2.65. The minimum absolute atomic E-state index is 0.388. The Bertz CT molecular complexity index is 591. The summed E-state index contributed by atoms with van der Waals surface area (Å²) < 4.78 is 7.56. The first-order valence-electron chi connectivity index (χ1n) is 7.11. The SMILES string of the molecule is c1ccc(-c2nc3n(n2)C(C2CCOC2)CCN3)nc1. The van der Waals surface area contributed by atoms with Crippen molar-refractivity contribution in [3.05, 3.63) is 24.4 Å². The Morgan fingerprint density at radius 3 is 3.10 bits per heavy atom. The fraction of sp³-hybridized carbons (Fsp3) is 0.500. The second kappa shape index (κ2) is 4.86. The molecule has 20 heavy (non-hydrogen) atoms. The number of anilines is 1. The number of hydrogen-bond acceptors (Lipinski definition) is 5. The lowest BCUT2D eigenvalue weighted by Gasteiger charge is -2.28. The van der Waals surface area contributed by atoms with Gasteiger partial charge in [0.2, 0.25) is 11.8 Å². The number of hydrogen-bond donors (Lipinski definition) is 1. The van der Waals surface area contributed by atoms with Crippen LogP contribution in [-0.2, 0) is 4.74 Å². The van der Waals surface area contributed by atoms with E-state index in [1.165, 1.54) is 0 Å². The quantitative estimate of drug-likeness (QED) is 0.901. The van der Waals surface area contributed by atoms with Crippen molar-refractivity contribution in [2.24, 2.45) is 5.92 Å². The second-order valence-electron chi connectivity index (χ2n) is 5.33. The summed E-state index contributed by atoms with van der Waals surface area (Å²) in [6, 6.07) is 6.18. The summed E-state index contributed by atoms with van der Waals surface area (Å²) in [6.07, 6.45) is 3.96. The normalized spacial score (nSPS) is 25.2. The van der Waals surface area contributed by atoms with Gasteiger partial charge in [-0.2, -0.15) is 4.98 Å². The molecule has 2 aliphatic heterocycles. The minimum Gasteiger partial charge on any atom is -0.381 e. The highest BCUT2D eigenvalue weighted by atomic mass is 16.5. The lowest BCUT2D eigenvalue weighted by molar-refractivity contribution is 0.167. The van der Waals surface area contributed by atoms with Gasteiger partial charge in [-0.15, -0.1) is 5.10 Å². The number of nitrogens with zero attached hydrogens (tertiary/aromatic N) is 4. The number of rotatable bonds is 2. The van der Waals surface area contributed by atoms with Crippen molar-refractivity contribution < 1.29 is 4.74 Å². The van der Waals surface area contributed by atoms with Crippen molar-refractivity contribution in [1.82, 2.24) is 19.7 Å². The van der Waals surface area contributed by atoms with Crippen molar-refractivity contribution in [2.75, 3.05) is 25.1 Å². The van der Waals surface area contributed by atoms with Gasteiger partial charge in [-0.05, 0) is 25.0 Å². The molecule has 1 N–H and O–H groups in total. The van der Waals surface area contributed by atoms with E-state index in [0.717, 1.165) is 44.2 Å². The largest absolute Gasteiger partial charge is 0.381 e. The molecule has 4 rings (SSSR count). The van der Waals surface area contributed by atoms with E-state index in [4.69, 9.17) is 4.74 Å². The molecule has 0 aliphatic carbocycles. The van der Waals surface area contributed by atoms with E-state index in [-0.39, 0.29) is 0 Å². The van der Waals surface area contributed by atoms with E-state index in [1.54, 1.807) is 6.20 Å². The second-order valence-corrected chi connectivity index (χ2v) is 5.33. The Morgan fingerprint density at radius 1 is 1.30 bits per heavy atom. The molecule has 2 atom stereocenters. The maximum absolute atomic E-state index is 5.52. The van der Waals surface area contributed by atoms with Crippen LogP contribution in [-0.4, -0.2) is 39.5 Å². The maximum Gasteiger partial charge on any atom is 0.222 e. The molecule has 2 aliphatic rings. The van der Waals surface area contributed by atoms with Gasteiger partial charge in [0.05, 0.1) is 12.6 Å². The van der Waals surface area contributed by atoms with Gasteiger partial charge >= 0.3 is 0 Å². The molecular weight excluding hydrogens is 254 g/mol. The first-order valence-corrected chi connectivity index (χ1v) is 7.11. The number of ether oxygens (including phenoxy) is 1. The van der Waals surface area contributed by atoms with Crippen molar-refractivity contribution in [3.8, 4) is 11.5 Å². The molecule has 0 spiro atoms. The highest BCUT2D eigenvalue weighted by Gasteiger charge is 2.32. The molecule has 1 saturated heterocycles. The first-order chi connectivity index (χ1) is 9.92. The Kier molecular flexibility index (Phi) is 2.88. The van der Waals surface area contributed by atoms with Gasteiger partial charge in [0, 0.05) is 25.3 Å². The van der Waals surface area contributed by atoms with Crippen LogP contribution in [0, 0.1) is 5.92 Å². The fourth-order valence-electron chi connectivity index (χ4n) is 3.02. The Labute approximate surface area is 117 Å². The molecular formula is C14H17N5O. The van der Waals surface area contributed by atoms with E-state index in [2.05, 4.69) is 20.4 Å². The topological polar surface area (TPSA) is 64.9 Å². The van der Waals surface area contributed by atoms with Crippen LogP contribution in [0.15, 0.2) is 24.4 Å². The number of fused-ring (bicyclic) bond motifs is 1. The molecule has 4 heterocycles. The summed E-state index contributed by atoms with van der Waals surface area (Å²) in [5, 5.41) is 8.00. The smallest absolute Gasteiger partial charge is 0.222 e. The Morgan fingerprint density at radius 2 is 2.30 bits per heavy atom. The number of aromatic nitrogens is 4. The molecule has 2 unspecified atom stereocenters. The van der Waals surface area contributed by atoms with Crippen molar-refractivity contribution in [1.29, 1.82) is 0 Å². The third kappa shape index (κ3) is 1.96. The summed E-state index contributed by atoms with van der Waals surface area (Å²) in [5.41, 5.74) is 0.817. The van der Waals surface area contributed by atoms with Crippen LogP contribution in [0.2, 0.25) is 0 Å². The van der Waals surface area contributed by atoms with Gasteiger partial charge in [-0.25, -0.2) is 4.68 Å². The van der Waals surface area contributed by atoms with Crippen LogP contribution in [0.1, 0.15) is 18.9 Å². The zero-order valence-electron chi connectivity index (χ0n) is 11.2. The van der Waals surface area contributed by atoms with Gasteiger partial charge in [-0.3, -0.25) is 4.98 Å². The Hall–Kier alpha value is -1.95. The summed E-state index contributed by atoms with van der Waals surface area (Å²) in [7, 11) is 0. The predicted molar refractivity (Wildman–Crippen MR) is 74.3 cm³/mol. The van der Waals surface area contributed by atoms with Crippen LogP contribution in [0.25, 0.3) is 11.5 Å². The van der Waals surface area contributed by atoms with E-state index in [9.17, 15) is 0 Å². The average Bonchev–Trinajstić information content (AvgIpc) is 3.17. The van der Waals surface area contributed by atoms with Gasteiger partial charge in [0.15, 0.2) is 0 Å². The number of nitrogens with one attached hydrogen (secondary N) is 1. The molecule has 0 radical (unpaired) electrons. The van der Waals surface area contributed by atoms with Gasteiger partial charge < -0.3 is 10.1 Å². The maximum atomic E-state index is 5.52. The van der Waals surface area contributed by atoms with Crippen LogP contribution in [0.3, 0.4) is 0 Å². The average molecular weight is 271 g/mol. The van der Waals surface area contributed by atoms with Crippen LogP contribution in [0.4, 0.5) is 5.95 Å². The predicted octanol–water partition coefficient (Wildman–Crippen LogP) is 1.73. The third-order valence-electron chi connectivity index (χ3n) is 4.07. The number of pyridine rings is 1. The molecule has 0 saturated carbocycles. The molecule has 2 aromatic rings. The molecule has 0 aromatic carbocycles. The first kappa shape index (κ1) is 11.8. The molecule has 1 fully saturated rings. The molecule has 104 valence electrons. The van der Waals surface area contributed by atoms with Gasteiger partial charge in [-0.1, -0.05) is 6.07 Å². The monoisotopic (exact) mass is 271 g/mol. The molecule has 6 nitrogen and oxygen atoms in total. The Balaban J connectivity index is 1.70. The highest BCUT2D eigenvalue weighted by molar-refractivity contribution is 5.51. The zero-order valence-corrected chi connectivity index (χ0v) is 11.2. The molecule has 2 aromatic heterocycles. The van der Waals surface area contributed by atoms with E-state index in [0.29, 0.717) is 17.8 Å². The summed E-state index contributed by atoms with van der Waals surface area (Å²) >= 11 is 0. The van der Waals surface area contributed by atoms with Crippen molar-refractivity contribution in [3.63, 3.8) is 0 Å². The molecule has 6 heteroatoms. The van der Waals surface area contributed by atoms with Gasteiger partial charge in [0.25, 0.3) is 0 Å². The molecule has 0 amide bonds. The van der Waals surface area contributed by atoms with Gasteiger partial charge in [0.1, 0.15) is 5.69 Å². The molecule has 0 bridgehead atoms. The standard InChI is InChI=1S/C14H17N5O/c1-2-6-15-11(3-1)13-17-14-16-7-4-12(19(14)18-13)10-5-8-20-9-10/h1-3,6,10,12H,4-5,7-9H2,(H,16,17,18). The lowest BCUT2D eigenvalue weighted by atomic mass is 9.95. The van der Waals surface area contributed by atoms with E-state index in [1.807, 2.05) is 22.9 Å². The van der Waals surface area contributed by atoms with Crippen molar-refractivity contribution >= 4 is 5.95 Å². The van der Waals surface area contributed by atoms with Crippen LogP contribution >= 0.6 is 0 Å².